The fraction of sp³-hybridized carbons (Fsp3) is 0.333. The number of carbonyl (C=O) groups excluding carboxylic acids is 2. The van der Waals surface area contributed by atoms with Gasteiger partial charge in [-0.15, -0.1) is 0 Å². The Morgan fingerprint density at radius 3 is 2.37 bits per heavy atom. The summed E-state index contributed by atoms with van der Waals surface area (Å²) >= 11 is 5.91. The van der Waals surface area contributed by atoms with Crippen LogP contribution in [-0.2, 0) is 11.3 Å². The van der Waals surface area contributed by atoms with Gasteiger partial charge in [-0.3, -0.25) is 4.79 Å². The molecule has 0 aliphatic carbocycles. The molecule has 0 fully saturated rings. The molecular formula is C21H26ClN3O2. The first kappa shape index (κ1) is 20.8. The van der Waals surface area contributed by atoms with E-state index in [2.05, 4.69) is 10.6 Å². The van der Waals surface area contributed by atoms with E-state index in [1.807, 2.05) is 61.5 Å². The zero-order valence-corrected chi connectivity index (χ0v) is 16.5. The quantitative estimate of drug-likeness (QED) is 0.715. The van der Waals surface area contributed by atoms with Crippen LogP contribution in [0.1, 0.15) is 36.9 Å². The molecule has 0 aliphatic rings. The molecule has 0 saturated carbocycles. The van der Waals surface area contributed by atoms with Gasteiger partial charge in [-0.1, -0.05) is 61.0 Å². The third-order valence-electron chi connectivity index (χ3n) is 4.25. The van der Waals surface area contributed by atoms with Gasteiger partial charge in [0.25, 0.3) is 0 Å². The minimum Gasteiger partial charge on any atom is -0.349 e. The maximum Gasteiger partial charge on any atom is 0.317 e. The molecule has 0 heterocycles. The van der Waals surface area contributed by atoms with E-state index in [0.29, 0.717) is 18.1 Å². The third-order valence-corrected chi connectivity index (χ3v) is 4.51. The average molecular weight is 388 g/mol. The number of amides is 3. The summed E-state index contributed by atoms with van der Waals surface area (Å²) in [5, 5.41) is 6.45. The van der Waals surface area contributed by atoms with Crippen LogP contribution in [0.15, 0.2) is 54.6 Å². The Labute approximate surface area is 165 Å². The van der Waals surface area contributed by atoms with Crippen molar-refractivity contribution in [2.45, 2.75) is 32.4 Å². The SMILES string of the molecule is CCC(NC(=O)CCNC(=O)N(C)Cc1ccccc1)c1ccc(Cl)cc1. The number of benzene rings is 2. The van der Waals surface area contributed by atoms with Crippen LogP contribution in [0.5, 0.6) is 0 Å². The van der Waals surface area contributed by atoms with Gasteiger partial charge in [0.2, 0.25) is 5.91 Å². The molecule has 5 nitrogen and oxygen atoms in total. The van der Waals surface area contributed by atoms with Gasteiger partial charge >= 0.3 is 6.03 Å². The van der Waals surface area contributed by atoms with Gasteiger partial charge in [-0.25, -0.2) is 4.79 Å². The second-order valence-corrected chi connectivity index (χ2v) is 6.84. The molecule has 6 heteroatoms. The van der Waals surface area contributed by atoms with Crippen LogP contribution in [-0.4, -0.2) is 30.4 Å². The van der Waals surface area contributed by atoms with Crippen molar-refractivity contribution in [1.82, 2.24) is 15.5 Å². The van der Waals surface area contributed by atoms with E-state index >= 15 is 0 Å². The molecule has 1 unspecified atom stereocenters. The Morgan fingerprint density at radius 2 is 1.74 bits per heavy atom. The Hall–Kier alpha value is -2.53. The molecule has 27 heavy (non-hydrogen) atoms. The summed E-state index contributed by atoms with van der Waals surface area (Å²) in [6.07, 6.45) is 1.01. The molecule has 0 aromatic heterocycles. The molecule has 2 N–H and O–H groups in total. The molecule has 0 saturated heterocycles. The van der Waals surface area contributed by atoms with Gasteiger partial charge in [-0.05, 0) is 29.7 Å². The van der Waals surface area contributed by atoms with E-state index in [1.165, 1.54) is 0 Å². The first-order valence-electron chi connectivity index (χ1n) is 9.07. The number of carbonyl (C=O) groups is 2. The Bertz CT molecular complexity index is 735. The first-order valence-corrected chi connectivity index (χ1v) is 9.45. The fourth-order valence-electron chi connectivity index (χ4n) is 2.73. The summed E-state index contributed by atoms with van der Waals surface area (Å²) in [6.45, 7) is 2.83. The first-order chi connectivity index (χ1) is 13.0. The second kappa shape index (κ2) is 10.6. The molecular weight excluding hydrogens is 362 g/mol. The Morgan fingerprint density at radius 1 is 1.07 bits per heavy atom. The van der Waals surface area contributed by atoms with Crippen molar-refractivity contribution in [3.8, 4) is 0 Å². The molecule has 2 aromatic rings. The summed E-state index contributed by atoms with van der Waals surface area (Å²) < 4.78 is 0. The molecule has 3 amide bonds. The maximum absolute atomic E-state index is 12.2. The van der Waals surface area contributed by atoms with Crippen LogP contribution in [0.25, 0.3) is 0 Å². The van der Waals surface area contributed by atoms with Crippen LogP contribution in [0, 0.1) is 0 Å². The number of nitrogens with one attached hydrogen (secondary N) is 2. The van der Waals surface area contributed by atoms with E-state index in [9.17, 15) is 9.59 Å². The number of nitrogens with zero attached hydrogens (tertiary/aromatic N) is 1. The van der Waals surface area contributed by atoms with Gasteiger partial charge in [0, 0.05) is 31.6 Å². The van der Waals surface area contributed by atoms with Crippen molar-refractivity contribution < 1.29 is 9.59 Å². The van der Waals surface area contributed by atoms with Gasteiger partial charge < -0.3 is 15.5 Å². The van der Waals surface area contributed by atoms with Crippen LogP contribution in [0.3, 0.4) is 0 Å². The van der Waals surface area contributed by atoms with Crippen molar-refractivity contribution in [3.63, 3.8) is 0 Å². The van der Waals surface area contributed by atoms with E-state index in [1.54, 1.807) is 11.9 Å². The monoisotopic (exact) mass is 387 g/mol. The van der Waals surface area contributed by atoms with Crippen LogP contribution >= 0.6 is 11.6 Å². The number of hydrogen-bond acceptors (Lipinski definition) is 2. The summed E-state index contributed by atoms with van der Waals surface area (Å²) in [6, 6.07) is 17.0. The van der Waals surface area contributed by atoms with Crippen molar-refractivity contribution in [1.29, 1.82) is 0 Å². The van der Waals surface area contributed by atoms with Crippen LogP contribution in [0.2, 0.25) is 5.02 Å². The summed E-state index contributed by atoms with van der Waals surface area (Å²) in [7, 11) is 1.73. The predicted molar refractivity (Wildman–Crippen MR) is 109 cm³/mol. The lowest BCUT2D eigenvalue weighted by Gasteiger charge is -2.19. The summed E-state index contributed by atoms with van der Waals surface area (Å²) in [5.74, 6) is -0.0946. The zero-order chi connectivity index (χ0) is 19.6. The van der Waals surface area contributed by atoms with Crippen molar-refractivity contribution in [2.24, 2.45) is 0 Å². The van der Waals surface area contributed by atoms with Gasteiger partial charge in [0.1, 0.15) is 0 Å². The van der Waals surface area contributed by atoms with E-state index in [-0.39, 0.29) is 24.4 Å². The lowest BCUT2D eigenvalue weighted by atomic mass is 10.0. The van der Waals surface area contributed by atoms with Gasteiger partial charge in [-0.2, -0.15) is 0 Å². The molecule has 2 rings (SSSR count). The molecule has 144 valence electrons. The van der Waals surface area contributed by atoms with Crippen molar-refractivity contribution >= 4 is 23.5 Å². The van der Waals surface area contributed by atoms with Crippen LogP contribution < -0.4 is 10.6 Å². The minimum absolute atomic E-state index is 0.0637. The van der Waals surface area contributed by atoms with Gasteiger partial charge in [0.15, 0.2) is 0 Å². The number of rotatable bonds is 8. The molecule has 0 bridgehead atoms. The van der Waals surface area contributed by atoms with E-state index in [0.717, 1.165) is 17.5 Å². The summed E-state index contributed by atoms with van der Waals surface area (Å²) in [5.41, 5.74) is 2.07. The summed E-state index contributed by atoms with van der Waals surface area (Å²) in [4.78, 5) is 25.9. The molecule has 1 atom stereocenters. The highest BCUT2D eigenvalue weighted by Crippen LogP contribution is 2.19. The van der Waals surface area contributed by atoms with E-state index in [4.69, 9.17) is 11.6 Å². The van der Waals surface area contributed by atoms with Crippen LogP contribution in [0.4, 0.5) is 4.79 Å². The highest BCUT2D eigenvalue weighted by molar-refractivity contribution is 6.30. The zero-order valence-electron chi connectivity index (χ0n) is 15.7. The highest BCUT2D eigenvalue weighted by atomic mass is 35.5. The lowest BCUT2D eigenvalue weighted by Crippen LogP contribution is -2.39. The Balaban J connectivity index is 1.74. The number of urea groups is 1. The topological polar surface area (TPSA) is 61.4 Å². The molecule has 0 aliphatic heterocycles. The normalized spacial score (nSPS) is 11.5. The predicted octanol–water partition coefficient (Wildman–Crippen LogP) is 4.14. The number of halogens is 1. The number of hydrogen-bond donors (Lipinski definition) is 2. The Kier molecular flexibility index (Phi) is 8.14. The largest absolute Gasteiger partial charge is 0.349 e. The average Bonchev–Trinajstić information content (AvgIpc) is 2.67. The molecule has 0 spiro atoms. The molecule has 2 aromatic carbocycles. The van der Waals surface area contributed by atoms with Crippen molar-refractivity contribution in [2.75, 3.05) is 13.6 Å². The lowest BCUT2D eigenvalue weighted by molar-refractivity contribution is -0.121. The second-order valence-electron chi connectivity index (χ2n) is 6.40. The maximum atomic E-state index is 12.2. The smallest absolute Gasteiger partial charge is 0.317 e. The van der Waals surface area contributed by atoms with Gasteiger partial charge in [0.05, 0.1) is 6.04 Å². The fourth-order valence-corrected chi connectivity index (χ4v) is 2.86. The van der Waals surface area contributed by atoms with Crippen molar-refractivity contribution in [3.05, 3.63) is 70.7 Å². The minimum atomic E-state index is -0.198. The van der Waals surface area contributed by atoms with E-state index < -0.39 is 0 Å². The standard InChI is InChI=1S/C21H26ClN3O2/c1-3-19(17-9-11-18(22)12-10-17)24-20(26)13-14-23-21(27)25(2)15-16-7-5-4-6-8-16/h4-12,19H,3,13-15H2,1-2H3,(H,23,27)(H,24,26). The highest BCUT2D eigenvalue weighted by Gasteiger charge is 2.14. The molecule has 0 radical (unpaired) electrons. The third kappa shape index (κ3) is 6.94.